The molecule has 0 heterocycles. The highest BCUT2D eigenvalue weighted by Crippen LogP contribution is 2.06. The molecule has 0 radical (unpaired) electrons. The van der Waals surface area contributed by atoms with Crippen LogP contribution in [0.4, 0.5) is 0 Å². The zero-order valence-corrected chi connectivity index (χ0v) is 8.34. The van der Waals surface area contributed by atoms with Crippen molar-refractivity contribution < 1.29 is 5.21 Å². The van der Waals surface area contributed by atoms with Crippen LogP contribution in [0.1, 0.15) is 58.8 Å². The van der Waals surface area contributed by atoms with Crippen molar-refractivity contribution in [1.82, 2.24) is 0 Å². The lowest BCUT2D eigenvalue weighted by atomic mass is 10.1. The van der Waals surface area contributed by atoms with Gasteiger partial charge in [-0.1, -0.05) is 44.7 Å². The van der Waals surface area contributed by atoms with E-state index in [4.69, 9.17) is 5.21 Å². The Morgan fingerprint density at radius 2 is 1.75 bits per heavy atom. The largest absolute Gasteiger partial charge is 0.411 e. The molecular weight excluding hydrogens is 150 g/mol. The lowest BCUT2D eigenvalue weighted by molar-refractivity contribution is 0.315. The molecule has 0 bridgehead atoms. The van der Waals surface area contributed by atoms with Gasteiger partial charge in [-0.3, -0.25) is 0 Å². The Morgan fingerprint density at radius 1 is 1.00 bits per heavy atom. The van der Waals surface area contributed by atoms with E-state index in [-0.39, 0.29) is 0 Å². The summed E-state index contributed by atoms with van der Waals surface area (Å²) in [6.07, 6.45) is 8.00. The van der Waals surface area contributed by atoms with E-state index in [9.17, 15) is 0 Å². The van der Waals surface area contributed by atoms with Gasteiger partial charge in [-0.2, -0.15) is 0 Å². The molecule has 0 saturated carbocycles. The van der Waals surface area contributed by atoms with Crippen molar-refractivity contribution in [2.45, 2.75) is 58.8 Å². The molecular formula is C10H21NO. The zero-order chi connectivity index (χ0) is 9.23. The number of hydrogen-bond acceptors (Lipinski definition) is 2. The summed E-state index contributed by atoms with van der Waals surface area (Å²) in [6, 6.07) is 0. The van der Waals surface area contributed by atoms with Gasteiger partial charge in [-0.25, -0.2) is 0 Å². The lowest BCUT2D eigenvalue weighted by Crippen LogP contribution is -1.97. The molecule has 2 heteroatoms. The fraction of sp³-hybridized carbons (Fsp3) is 0.900. The number of hydrogen-bond donors (Lipinski definition) is 1. The van der Waals surface area contributed by atoms with Crippen LogP contribution in [0.2, 0.25) is 0 Å². The molecule has 0 spiro atoms. The quantitative estimate of drug-likeness (QED) is 0.270. The minimum atomic E-state index is 0.947. The average Bonchev–Trinajstić information content (AvgIpc) is 2.10. The summed E-state index contributed by atoms with van der Waals surface area (Å²) in [5, 5.41) is 11.9. The van der Waals surface area contributed by atoms with Gasteiger partial charge >= 0.3 is 0 Å². The smallest absolute Gasteiger partial charge is 0.0570 e. The first kappa shape index (κ1) is 11.5. The maximum atomic E-state index is 8.60. The molecule has 12 heavy (non-hydrogen) atoms. The van der Waals surface area contributed by atoms with Crippen molar-refractivity contribution in [1.29, 1.82) is 0 Å². The molecule has 0 aromatic carbocycles. The highest BCUT2D eigenvalue weighted by atomic mass is 16.4. The van der Waals surface area contributed by atoms with Crippen LogP contribution in [0.3, 0.4) is 0 Å². The summed E-state index contributed by atoms with van der Waals surface area (Å²) in [6.45, 7) is 4.31. The van der Waals surface area contributed by atoms with Gasteiger partial charge in [0.25, 0.3) is 0 Å². The third-order valence-electron chi connectivity index (χ3n) is 2.00. The number of oxime groups is 1. The minimum Gasteiger partial charge on any atom is -0.411 e. The monoisotopic (exact) mass is 171 g/mol. The SMILES string of the molecule is CCCCCC/C(CCC)=N\O. The minimum absolute atomic E-state index is 0.947. The zero-order valence-electron chi connectivity index (χ0n) is 8.34. The average molecular weight is 171 g/mol. The molecule has 0 atom stereocenters. The van der Waals surface area contributed by atoms with Gasteiger partial charge in [-0.15, -0.1) is 0 Å². The van der Waals surface area contributed by atoms with Crippen LogP contribution in [-0.2, 0) is 0 Å². The van der Waals surface area contributed by atoms with Crippen molar-refractivity contribution in [2.75, 3.05) is 0 Å². The Hall–Kier alpha value is -0.530. The normalized spacial score (nSPS) is 12.0. The van der Waals surface area contributed by atoms with Crippen LogP contribution in [0.25, 0.3) is 0 Å². The van der Waals surface area contributed by atoms with Crippen molar-refractivity contribution >= 4 is 5.71 Å². The molecule has 0 fully saturated rings. The third-order valence-corrected chi connectivity index (χ3v) is 2.00. The Balaban J connectivity index is 3.33. The Bertz CT molecular complexity index is 121. The number of rotatable bonds is 7. The van der Waals surface area contributed by atoms with Crippen LogP contribution in [0.5, 0.6) is 0 Å². The maximum absolute atomic E-state index is 8.60. The fourth-order valence-electron chi connectivity index (χ4n) is 1.27. The number of nitrogens with zero attached hydrogens (tertiary/aromatic N) is 1. The lowest BCUT2D eigenvalue weighted by Gasteiger charge is -2.01. The standard InChI is InChI=1S/C10H21NO/c1-3-5-6-7-9-10(11-12)8-4-2/h12H,3-9H2,1-2H3/b11-10-. The second kappa shape index (κ2) is 8.57. The van der Waals surface area contributed by atoms with Gasteiger partial charge in [0.2, 0.25) is 0 Å². The summed E-state index contributed by atoms with van der Waals surface area (Å²) in [5.41, 5.74) is 0.966. The van der Waals surface area contributed by atoms with E-state index in [1.807, 2.05) is 0 Å². The van der Waals surface area contributed by atoms with Gasteiger partial charge in [-0.05, 0) is 19.3 Å². The fourth-order valence-corrected chi connectivity index (χ4v) is 1.27. The Labute approximate surface area is 75.7 Å². The van der Waals surface area contributed by atoms with Crippen molar-refractivity contribution in [2.24, 2.45) is 5.16 Å². The topological polar surface area (TPSA) is 32.6 Å². The summed E-state index contributed by atoms with van der Waals surface area (Å²) in [4.78, 5) is 0. The Kier molecular flexibility index (Phi) is 8.19. The molecule has 0 aliphatic rings. The summed E-state index contributed by atoms with van der Waals surface area (Å²) < 4.78 is 0. The number of unbranched alkanes of at least 4 members (excludes halogenated alkanes) is 3. The molecule has 0 aliphatic heterocycles. The van der Waals surface area contributed by atoms with Gasteiger partial charge in [0.15, 0.2) is 0 Å². The first-order valence-corrected chi connectivity index (χ1v) is 5.04. The summed E-state index contributed by atoms with van der Waals surface area (Å²) >= 11 is 0. The third kappa shape index (κ3) is 6.20. The van der Waals surface area contributed by atoms with Crippen LogP contribution in [-0.4, -0.2) is 10.9 Å². The molecule has 1 N–H and O–H groups in total. The molecule has 0 aromatic rings. The van der Waals surface area contributed by atoms with Gasteiger partial charge in [0.05, 0.1) is 5.71 Å². The first-order chi connectivity index (χ1) is 5.85. The van der Waals surface area contributed by atoms with E-state index in [0.717, 1.165) is 25.0 Å². The highest BCUT2D eigenvalue weighted by molar-refractivity contribution is 5.83. The second-order valence-corrected chi connectivity index (χ2v) is 3.23. The van der Waals surface area contributed by atoms with E-state index in [0.29, 0.717) is 0 Å². The molecule has 0 rings (SSSR count). The Morgan fingerprint density at radius 3 is 2.25 bits per heavy atom. The molecule has 0 amide bonds. The van der Waals surface area contributed by atoms with Crippen LogP contribution >= 0.6 is 0 Å². The molecule has 2 nitrogen and oxygen atoms in total. The summed E-state index contributed by atoms with van der Waals surface area (Å²) in [5.74, 6) is 0. The van der Waals surface area contributed by atoms with E-state index in [2.05, 4.69) is 19.0 Å². The van der Waals surface area contributed by atoms with Gasteiger partial charge < -0.3 is 5.21 Å². The van der Waals surface area contributed by atoms with Crippen LogP contribution in [0.15, 0.2) is 5.16 Å². The predicted molar refractivity (Wildman–Crippen MR) is 52.9 cm³/mol. The van der Waals surface area contributed by atoms with Crippen LogP contribution < -0.4 is 0 Å². The van der Waals surface area contributed by atoms with Crippen molar-refractivity contribution in [3.63, 3.8) is 0 Å². The summed E-state index contributed by atoms with van der Waals surface area (Å²) in [7, 11) is 0. The first-order valence-electron chi connectivity index (χ1n) is 5.04. The molecule has 0 aromatic heterocycles. The second-order valence-electron chi connectivity index (χ2n) is 3.23. The van der Waals surface area contributed by atoms with E-state index in [1.165, 1.54) is 25.7 Å². The van der Waals surface area contributed by atoms with Crippen LogP contribution in [0, 0.1) is 0 Å². The van der Waals surface area contributed by atoms with Gasteiger partial charge in [0.1, 0.15) is 0 Å². The van der Waals surface area contributed by atoms with E-state index >= 15 is 0 Å². The van der Waals surface area contributed by atoms with Crippen molar-refractivity contribution in [3.8, 4) is 0 Å². The highest BCUT2D eigenvalue weighted by Gasteiger charge is 1.97. The predicted octanol–water partition coefficient (Wildman–Crippen LogP) is 3.59. The van der Waals surface area contributed by atoms with Crippen molar-refractivity contribution in [3.05, 3.63) is 0 Å². The van der Waals surface area contributed by atoms with E-state index < -0.39 is 0 Å². The molecule has 0 unspecified atom stereocenters. The molecule has 72 valence electrons. The molecule has 0 aliphatic carbocycles. The van der Waals surface area contributed by atoms with E-state index in [1.54, 1.807) is 0 Å². The maximum Gasteiger partial charge on any atom is 0.0570 e. The van der Waals surface area contributed by atoms with Gasteiger partial charge in [0, 0.05) is 0 Å². The molecule has 0 saturated heterocycles.